The molecule has 1 aliphatic rings. The van der Waals surface area contributed by atoms with Crippen molar-refractivity contribution < 1.29 is 12.8 Å². The fourth-order valence-corrected chi connectivity index (χ4v) is 3.18. The normalized spacial score (nSPS) is 18.2. The summed E-state index contributed by atoms with van der Waals surface area (Å²) in [7, 11) is -1.60. The Bertz CT molecular complexity index is 535. The van der Waals surface area contributed by atoms with Gasteiger partial charge in [-0.1, -0.05) is 6.92 Å². The minimum atomic E-state index is -3.62. The Balaban J connectivity index is 1.93. The quantitative estimate of drug-likeness (QED) is 0.701. The second-order valence-corrected chi connectivity index (χ2v) is 6.87. The van der Waals surface area contributed by atoms with Gasteiger partial charge >= 0.3 is 0 Å². The lowest BCUT2D eigenvalue weighted by Gasteiger charge is -2.31. The smallest absolute Gasteiger partial charge is 0.286 e. The van der Waals surface area contributed by atoms with Gasteiger partial charge in [-0.05, 0) is 32.1 Å². The number of furan rings is 1. The van der Waals surface area contributed by atoms with Gasteiger partial charge in [0.05, 0.1) is 6.54 Å². The monoisotopic (exact) mass is 316 g/mol. The van der Waals surface area contributed by atoms with E-state index in [1.54, 1.807) is 11.1 Å². The van der Waals surface area contributed by atoms with Crippen LogP contribution >= 0.6 is 0 Å². The van der Waals surface area contributed by atoms with Crippen LogP contribution in [0.5, 0.6) is 0 Å². The van der Waals surface area contributed by atoms with E-state index in [0.29, 0.717) is 25.4 Å². The molecule has 0 atom stereocenters. The van der Waals surface area contributed by atoms with Crippen molar-refractivity contribution in [3.05, 3.63) is 17.9 Å². The lowest BCUT2D eigenvalue weighted by atomic mass is 10.4. The van der Waals surface area contributed by atoms with Crippen molar-refractivity contribution in [2.24, 2.45) is 0 Å². The number of hydrogen-bond donors (Lipinski definition) is 2. The van der Waals surface area contributed by atoms with Gasteiger partial charge < -0.3 is 14.6 Å². The Hall–Kier alpha value is -0.930. The SMILES string of the molecule is CCCNCc1ccc(S(=O)(=O)NN2CCN(C)CC2)o1. The average Bonchev–Trinajstić information content (AvgIpc) is 2.91. The van der Waals surface area contributed by atoms with E-state index < -0.39 is 10.0 Å². The number of likely N-dealkylation sites (N-methyl/N-ethyl adjacent to an activating group) is 1. The van der Waals surface area contributed by atoms with Crippen LogP contribution in [0.4, 0.5) is 0 Å². The second kappa shape index (κ2) is 7.37. The summed E-state index contributed by atoms with van der Waals surface area (Å²) in [5, 5.41) is 4.86. The molecule has 0 aliphatic carbocycles. The molecule has 1 aromatic heterocycles. The zero-order valence-corrected chi connectivity index (χ0v) is 13.4. The van der Waals surface area contributed by atoms with Crippen LogP contribution in [0.3, 0.4) is 0 Å². The van der Waals surface area contributed by atoms with E-state index in [0.717, 1.165) is 26.1 Å². The van der Waals surface area contributed by atoms with Gasteiger partial charge in [0.2, 0.25) is 5.09 Å². The minimum absolute atomic E-state index is 0.0327. The molecule has 21 heavy (non-hydrogen) atoms. The van der Waals surface area contributed by atoms with Gasteiger partial charge in [0.15, 0.2) is 0 Å². The van der Waals surface area contributed by atoms with Crippen LogP contribution < -0.4 is 10.1 Å². The summed E-state index contributed by atoms with van der Waals surface area (Å²) in [6.45, 7) is 6.51. The number of hydrazine groups is 1. The highest BCUT2D eigenvalue weighted by molar-refractivity contribution is 7.89. The first-order chi connectivity index (χ1) is 10.0. The summed E-state index contributed by atoms with van der Waals surface area (Å²) < 4.78 is 29.9. The maximum Gasteiger partial charge on any atom is 0.286 e. The fourth-order valence-electron chi connectivity index (χ4n) is 2.10. The van der Waals surface area contributed by atoms with Crippen LogP contribution in [0.1, 0.15) is 19.1 Å². The Morgan fingerprint density at radius 2 is 1.95 bits per heavy atom. The number of hydrogen-bond acceptors (Lipinski definition) is 6. The topological polar surface area (TPSA) is 77.8 Å². The lowest BCUT2D eigenvalue weighted by Crippen LogP contribution is -2.52. The molecule has 0 amide bonds. The average molecular weight is 316 g/mol. The van der Waals surface area contributed by atoms with Crippen molar-refractivity contribution in [3.63, 3.8) is 0 Å². The molecule has 0 saturated carbocycles. The van der Waals surface area contributed by atoms with Crippen molar-refractivity contribution in [2.75, 3.05) is 39.8 Å². The zero-order chi connectivity index (χ0) is 15.3. The van der Waals surface area contributed by atoms with Crippen molar-refractivity contribution in [2.45, 2.75) is 25.0 Å². The molecule has 7 nitrogen and oxygen atoms in total. The largest absolute Gasteiger partial charge is 0.447 e. The predicted octanol–water partition coefficient (Wildman–Crippen LogP) is 0.220. The molecule has 0 unspecified atom stereocenters. The summed E-state index contributed by atoms with van der Waals surface area (Å²) in [5.41, 5.74) is 0. The van der Waals surface area contributed by atoms with Crippen LogP contribution in [-0.2, 0) is 16.6 Å². The maximum atomic E-state index is 12.2. The van der Waals surface area contributed by atoms with Crippen LogP contribution in [0.25, 0.3) is 0 Å². The molecule has 1 aliphatic heterocycles. The summed E-state index contributed by atoms with van der Waals surface area (Å²) in [6, 6.07) is 3.20. The van der Waals surface area contributed by atoms with Gasteiger partial charge in [0.25, 0.3) is 10.0 Å². The summed E-state index contributed by atoms with van der Waals surface area (Å²) >= 11 is 0. The van der Waals surface area contributed by atoms with Gasteiger partial charge in [-0.25, -0.2) is 13.4 Å². The molecule has 0 spiro atoms. The number of sulfonamides is 1. The molecular weight excluding hydrogens is 292 g/mol. The molecular formula is C13H24N4O3S. The Kier molecular flexibility index (Phi) is 5.77. The first-order valence-electron chi connectivity index (χ1n) is 7.26. The van der Waals surface area contributed by atoms with Crippen LogP contribution in [0.2, 0.25) is 0 Å². The molecule has 0 radical (unpaired) electrons. The second-order valence-electron chi connectivity index (χ2n) is 5.28. The van der Waals surface area contributed by atoms with E-state index in [9.17, 15) is 8.42 Å². The third kappa shape index (κ3) is 4.79. The Labute approximate surface area is 126 Å². The van der Waals surface area contributed by atoms with E-state index in [-0.39, 0.29) is 5.09 Å². The first kappa shape index (κ1) is 16.4. The van der Waals surface area contributed by atoms with Crippen molar-refractivity contribution >= 4 is 10.0 Å². The lowest BCUT2D eigenvalue weighted by molar-refractivity contribution is 0.134. The fraction of sp³-hybridized carbons (Fsp3) is 0.692. The maximum absolute atomic E-state index is 12.2. The molecule has 2 heterocycles. The predicted molar refractivity (Wildman–Crippen MR) is 80.1 cm³/mol. The molecule has 0 aromatic carbocycles. The van der Waals surface area contributed by atoms with Crippen molar-refractivity contribution in [1.82, 2.24) is 20.1 Å². The third-order valence-corrected chi connectivity index (χ3v) is 4.63. The minimum Gasteiger partial charge on any atom is -0.447 e. The molecule has 1 saturated heterocycles. The molecule has 120 valence electrons. The van der Waals surface area contributed by atoms with Crippen LogP contribution in [-0.4, -0.2) is 58.1 Å². The molecule has 1 aromatic rings. The molecule has 2 rings (SSSR count). The first-order valence-corrected chi connectivity index (χ1v) is 8.75. The van der Waals surface area contributed by atoms with Crippen molar-refractivity contribution in [1.29, 1.82) is 0 Å². The van der Waals surface area contributed by atoms with Gasteiger partial charge in [0, 0.05) is 26.2 Å². The van der Waals surface area contributed by atoms with Gasteiger partial charge in [-0.3, -0.25) is 0 Å². The molecule has 0 bridgehead atoms. The number of nitrogens with one attached hydrogen (secondary N) is 2. The third-order valence-electron chi connectivity index (χ3n) is 3.38. The van der Waals surface area contributed by atoms with Gasteiger partial charge in [-0.2, -0.15) is 0 Å². The summed E-state index contributed by atoms with van der Waals surface area (Å²) in [5.74, 6) is 0.627. The zero-order valence-electron chi connectivity index (χ0n) is 12.6. The highest BCUT2D eigenvalue weighted by atomic mass is 32.2. The van der Waals surface area contributed by atoms with E-state index in [2.05, 4.69) is 22.0 Å². The van der Waals surface area contributed by atoms with E-state index in [1.807, 2.05) is 7.05 Å². The standard InChI is InChI=1S/C13H24N4O3S/c1-3-6-14-11-12-4-5-13(20-12)21(18,19)15-17-9-7-16(2)8-10-17/h4-5,14-15H,3,6-11H2,1-2H3. The number of rotatable bonds is 7. The highest BCUT2D eigenvalue weighted by Crippen LogP contribution is 2.14. The Morgan fingerprint density at radius 3 is 2.62 bits per heavy atom. The Morgan fingerprint density at radius 1 is 1.24 bits per heavy atom. The van der Waals surface area contributed by atoms with E-state index in [1.165, 1.54) is 6.07 Å². The van der Waals surface area contributed by atoms with Crippen LogP contribution in [0.15, 0.2) is 21.6 Å². The molecule has 8 heteroatoms. The van der Waals surface area contributed by atoms with E-state index in [4.69, 9.17) is 4.42 Å². The van der Waals surface area contributed by atoms with Gasteiger partial charge in [-0.15, -0.1) is 4.83 Å². The number of nitrogens with zero attached hydrogens (tertiary/aromatic N) is 2. The molecule has 2 N–H and O–H groups in total. The summed E-state index contributed by atoms with van der Waals surface area (Å²) in [6.07, 6.45) is 1.02. The van der Waals surface area contributed by atoms with Gasteiger partial charge in [0.1, 0.15) is 5.76 Å². The van der Waals surface area contributed by atoms with E-state index >= 15 is 0 Å². The summed E-state index contributed by atoms with van der Waals surface area (Å²) in [4.78, 5) is 4.74. The highest BCUT2D eigenvalue weighted by Gasteiger charge is 2.24. The van der Waals surface area contributed by atoms with Crippen molar-refractivity contribution in [3.8, 4) is 0 Å². The number of piperazine rings is 1. The van der Waals surface area contributed by atoms with Crippen LogP contribution in [0, 0.1) is 0 Å². The molecule has 1 fully saturated rings.